The van der Waals surface area contributed by atoms with Crippen molar-refractivity contribution in [1.82, 2.24) is 19.5 Å². The van der Waals surface area contributed by atoms with Gasteiger partial charge >= 0.3 is 0 Å². The molecule has 4 N–H and O–H groups in total. The molecule has 2 aromatic heterocycles. The van der Waals surface area contributed by atoms with E-state index >= 15 is 0 Å². The number of imidazole rings is 1. The minimum absolute atomic E-state index is 0.0378. The molecule has 0 saturated carbocycles. The third-order valence-electron chi connectivity index (χ3n) is 5.21. The van der Waals surface area contributed by atoms with Crippen LogP contribution in [0.2, 0.25) is 0 Å². The van der Waals surface area contributed by atoms with Crippen LogP contribution in [-0.4, -0.2) is 64.7 Å². The Labute approximate surface area is 169 Å². The number of aliphatic hydroxyl groups excluding tert-OH is 3. The Hall–Kier alpha value is -3.19. The van der Waals surface area contributed by atoms with Crippen LogP contribution in [0.4, 0.5) is 11.5 Å². The van der Waals surface area contributed by atoms with Crippen LogP contribution in [0, 0.1) is 17.0 Å². The molecule has 1 aliphatic heterocycles. The SMILES string of the molecule is Cc1c(CNc2ncnc3c2ncn3[C@@H]2O[C@H](CO)[C@@H](O)[C@H]2O)cccc1[N+](=O)[O-]. The Balaban J connectivity index is 1.61. The molecule has 158 valence electrons. The summed E-state index contributed by atoms with van der Waals surface area (Å²) in [5, 5.41) is 43.8. The van der Waals surface area contributed by atoms with Crippen LogP contribution in [0.3, 0.4) is 0 Å². The number of aromatic nitrogens is 4. The molecule has 12 heteroatoms. The van der Waals surface area contributed by atoms with Crippen molar-refractivity contribution in [2.75, 3.05) is 11.9 Å². The number of hydrogen-bond acceptors (Lipinski definition) is 10. The van der Waals surface area contributed by atoms with E-state index in [0.29, 0.717) is 22.5 Å². The molecule has 0 unspecified atom stereocenters. The van der Waals surface area contributed by atoms with E-state index in [2.05, 4.69) is 20.3 Å². The van der Waals surface area contributed by atoms with Gasteiger partial charge in [-0.15, -0.1) is 0 Å². The van der Waals surface area contributed by atoms with Gasteiger partial charge in [0.25, 0.3) is 5.69 Å². The molecule has 0 aliphatic carbocycles. The predicted octanol–water partition coefficient (Wildman–Crippen LogP) is 0.267. The average molecular weight is 416 g/mol. The zero-order valence-electron chi connectivity index (χ0n) is 15.9. The van der Waals surface area contributed by atoms with Crippen molar-refractivity contribution in [3.8, 4) is 0 Å². The molecule has 1 fully saturated rings. The molecule has 12 nitrogen and oxygen atoms in total. The first kappa shape index (κ1) is 20.1. The third-order valence-corrected chi connectivity index (χ3v) is 5.21. The van der Waals surface area contributed by atoms with E-state index in [0.717, 1.165) is 5.56 Å². The van der Waals surface area contributed by atoms with Gasteiger partial charge in [-0.2, -0.15) is 0 Å². The number of nitro benzene ring substituents is 1. The Morgan fingerprint density at radius 2 is 2.07 bits per heavy atom. The lowest BCUT2D eigenvalue weighted by molar-refractivity contribution is -0.385. The number of aliphatic hydroxyl groups is 3. The van der Waals surface area contributed by atoms with Crippen molar-refractivity contribution in [3.05, 3.63) is 52.1 Å². The number of nitrogens with one attached hydrogen (secondary N) is 1. The molecule has 4 rings (SSSR count). The van der Waals surface area contributed by atoms with Gasteiger partial charge in [0.2, 0.25) is 0 Å². The molecular formula is C18H20N6O6. The summed E-state index contributed by atoms with van der Waals surface area (Å²) in [5.74, 6) is 0.399. The van der Waals surface area contributed by atoms with Gasteiger partial charge in [0.1, 0.15) is 24.6 Å². The number of rotatable bonds is 6. The van der Waals surface area contributed by atoms with Gasteiger partial charge in [-0.05, 0) is 12.5 Å². The highest BCUT2D eigenvalue weighted by molar-refractivity contribution is 5.82. The summed E-state index contributed by atoms with van der Waals surface area (Å²) in [5.41, 5.74) is 2.09. The zero-order valence-corrected chi connectivity index (χ0v) is 15.9. The van der Waals surface area contributed by atoms with Crippen molar-refractivity contribution in [2.45, 2.75) is 38.0 Å². The summed E-state index contributed by atoms with van der Waals surface area (Å²) in [4.78, 5) is 23.4. The van der Waals surface area contributed by atoms with Crippen LogP contribution >= 0.6 is 0 Å². The van der Waals surface area contributed by atoms with Gasteiger partial charge in [0.05, 0.1) is 17.9 Å². The van der Waals surface area contributed by atoms with Crippen molar-refractivity contribution in [3.63, 3.8) is 0 Å². The minimum atomic E-state index is -1.27. The molecule has 1 aromatic carbocycles. The highest BCUT2D eigenvalue weighted by Gasteiger charge is 2.44. The number of nitrogens with zero attached hydrogens (tertiary/aromatic N) is 5. The quantitative estimate of drug-likeness (QED) is 0.323. The Morgan fingerprint density at radius 1 is 1.27 bits per heavy atom. The smallest absolute Gasteiger partial charge is 0.272 e. The van der Waals surface area contributed by atoms with Crippen LogP contribution in [0.15, 0.2) is 30.9 Å². The summed E-state index contributed by atoms with van der Waals surface area (Å²) in [6.45, 7) is 1.52. The van der Waals surface area contributed by atoms with E-state index in [9.17, 15) is 25.4 Å². The van der Waals surface area contributed by atoms with Gasteiger partial charge in [0.15, 0.2) is 23.2 Å². The first-order chi connectivity index (χ1) is 14.4. The molecule has 1 aliphatic rings. The average Bonchev–Trinajstić information content (AvgIpc) is 3.28. The molecule has 4 atom stereocenters. The van der Waals surface area contributed by atoms with Crippen molar-refractivity contribution in [1.29, 1.82) is 0 Å². The molecule has 0 bridgehead atoms. The van der Waals surface area contributed by atoms with E-state index in [4.69, 9.17) is 4.74 Å². The van der Waals surface area contributed by atoms with Crippen molar-refractivity contribution in [2.24, 2.45) is 0 Å². The summed E-state index contributed by atoms with van der Waals surface area (Å²) < 4.78 is 7.00. The maximum absolute atomic E-state index is 11.1. The monoisotopic (exact) mass is 416 g/mol. The standard InChI is InChI=1S/C18H20N6O6/c1-9-10(3-2-4-11(9)24(28)29)5-19-16-13-17(21-7-20-16)23(8-22-13)18-15(27)14(26)12(6-25)30-18/h2-4,7-8,12,14-15,18,25-27H,5-6H2,1H3,(H,19,20,21)/t12-,14-,15-,18-/m1/s1. The first-order valence-corrected chi connectivity index (χ1v) is 9.19. The third kappa shape index (κ3) is 3.35. The summed E-state index contributed by atoms with van der Waals surface area (Å²) in [7, 11) is 0. The van der Waals surface area contributed by atoms with Crippen molar-refractivity contribution < 1.29 is 25.0 Å². The van der Waals surface area contributed by atoms with Crippen LogP contribution in [0.25, 0.3) is 11.2 Å². The summed E-state index contributed by atoms with van der Waals surface area (Å²) >= 11 is 0. The fraction of sp³-hybridized carbons (Fsp3) is 0.389. The van der Waals surface area contributed by atoms with Gasteiger partial charge in [-0.25, -0.2) is 15.0 Å². The highest BCUT2D eigenvalue weighted by atomic mass is 16.6. The normalized spacial score (nSPS) is 23.7. The Morgan fingerprint density at radius 3 is 2.77 bits per heavy atom. The second-order valence-corrected chi connectivity index (χ2v) is 6.95. The highest BCUT2D eigenvalue weighted by Crippen LogP contribution is 2.32. The molecule has 3 aromatic rings. The van der Waals surface area contributed by atoms with E-state index in [1.165, 1.54) is 23.3 Å². The second-order valence-electron chi connectivity index (χ2n) is 6.95. The first-order valence-electron chi connectivity index (χ1n) is 9.19. The maximum Gasteiger partial charge on any atom is 0.272 e. The van der Waals surface area contributed by atoms with E-state index in [1.54, 1.807) is 19.1 Å². The molecule has 3 heterocycles. The Kier molecular flexibility index (Phi) is 5.30. The largest absolute Gasteiger partial charge is 0.394 e. The molecule has 0 amide bonds. The number of hydrogen-bond donors (Lipinski definition) is 4. The fourth-order valence-electron chi connectivity index (χ4n) is 3.52. The lowest BCUT2D eigenvalue weighted by atomic mass is 10.1. The number of ether oxygens (including phenoxy) is 1. The molecular weight excluding hydrogens is 396 g/mol. The van der Waals surface area contributed by atoms with Gasteiger partial charge in [-0.1, -0.05) is 12.1 Å². The van der Waals surface area contributed by atoms with Crippen molar-refractivity contribution >= 4 is 22.7 Å². The number of fused-ring (bicyclic) bond motifs is 1. The van der Waals surface area contributed by atoms with Crippen LogP contribution in [0.1, 0.15) is 17.4 Å². The lowest BCUT2D eigenvalue weighted by Crippen LogP contribution is -2.33. The molecule has 30 heavy (non-hydrogen) atoms. The second kappa shape index (κ2) is 7.91. The fourth-order valence-corrected chi connectivity index (χ4v) is 3.52. The molecule has 0 spiro atoms. The summed E-state index contributed by atoms with van der Waals surface area (Å²) in [6.07, 6.45) is -1.68. The lowest BCUT2D eigenvalue weighted by Gasteiger charge is -2.16. The topological polar surface area (TPSA) is 169 Å². The van der Waals surface area contributed by atoms with Gasteiger partial charge < -0.3 is 25.4 Å². The molecule has 1 saturated heterocycles. The Bertz CT molecular complexity index is 1090. The van der Waals surface area contributed by atoms with Crippen LogP contribution in [0.5, 0.6) is 0 Å². The van der Waals surface area contributed by atoms with Gasteiger partial charge in [0, 0.05) is 18.2 Å². The van der Waals surface area contributed by atoms with Crippen LogP contribution in [-0.2, 0) is 11.3 Å². The van der Waals surface area contributed by atoms with Crippen LogP contribution < -0.4 is 5.32 Å². The van der Waals surface area contributed by atoms with E-state index < -0.39 is 36.1 Å². The number of benzene rings is 1. The minimum Gasteiger partial charge on any atom is -0.394 e. The molecule has 0 radical (unpaired) electrons. The predicted molar refractivity (Wildman–Crippen MR) is 103 cm³/mol. The van der Waals surface area contributed by atoms with Gasteiger partial charge in [-0.3, -0.25) is 14.7 Å². The zero-order chi connectivity index (χ0) is 21.4. The maximum atomic E-state index is 11.1. The van der Waals surface area contributed by atoms with E-state index in [1.807, 2.05) is 0 Å². The van der Waals surface area contributed by atoms with E-state index in [-0.39, 0.29) is 12.2 Å². The number of anilines is 1. The summed E-state index contributed by atoms with van der Waals surface area (Å²) in [6, 6.07) is 4.85. The number of nitro groups is 1.